The predicted octanol–water partition coefficient (Wildman–Crippen LogP) is 3.44. The largest absolute Gasteiger partial charge is 0.338 e. The van der Waals surface area contributed by atoms with Gasteiger partial charge >= 0.3 is 0 Å². The fourth-order valence-electron chi connectivity index (χ4n) is 1.14. The maximum Gasteiger partial charge on any atom is 0.246 e. The summed E-state index contributed by atoms with van der Waals surface area (Å²) >= 11 is 5.04. The zero-order chi connectivity index (χ0) is 11.4. The Labute approximate surface area is 103 Å². The van der Waals surface area contributed by atoms with Crippen LogP contribution >= 0.6 is 27.3 Å². The summed E-state index contributed by atoms with van der Waals surface area (Å²) in [5, 5.41) is 2.05. The summed E-state index contributed by atoms with van der Waals surface area (Å²) in [7, 11) is 1.81. The van der Waals surface area contributed by atoms with Gasteiger partial charge in [-0.3, -0.25) is 4.79 Å². The number of allylic oxidation sites excluding steroid dienone is 1. The first-order chi connectivity index (χ1) is 6.99. The Morgan fingerprint density at radius 3 is 2.73 bits per heavy atom. The van der Waals surface area contributed by atoms with Crippen LogP contribution in [-0.2, 0) is 11.3 Å². The molecule has 1 heterocycles. The molecule has 4 heteroatoms. The lowest BCUT2D eigenvalue weighted by Gasteiger charge is -2.14. The van der Waals surface area contributed by atoms with E-state index in [2.05, 4.69) is 21.3 Å². The van der Waals surface area contributed by atoms with Gasteiger partial charge in [-0.2, -0.15) is 0 Å². The van der Waals surface area contributed by atoms with E-state index < -0.39 is 0 Å². The first kappa shape index (κ1) is 12.5. The zero-order valence-corrected chi connectivity index (χ0v) is 11.5. The maximum atomic E-state index is 11.6. The summed E-state index contributed by atoms with van der Waals surface area (Å²) in [6.07, 6.45) is 1.65. The van der Waals surface area contributed by atoms with Crippen molar-refractivity contribution in [2.24, 2.45) is 0 Å². The average molecular weight is 288 g/mol. The highest BCUT2D eigenvalue weighted by Gasteiger charge is 2.07. The number of nitrogens with zero attached hydrogens (tertiary/aromatic N) is 1. The van der Waals surface area contributed by atoms with Crippen LogP contribution in [0.2, 0.25) is 0 Å². The van der Waals surface area contributed by atoms with Gasteiger partial charge in [0.05, 0.1) is 3.79 Å². The highest BCUT2D eigenvalue weighted by atomic mass is 79.9. The summed E-state index contributed by atoms with van der Waals surface area (Å²) < 4.78 is 1.10. The number of hydrogen-bond donors (Lipinski definition) is 0. The predicted molar refractivity (Wildman–Crippen MR) is 67.9 cm³/mol. The van der Waals surface area contributed by atoms with Gasteiger partial charge in [0.25, 0.3) is 0 Å². The molecular weight excluding hydrogens is 274 g/mol. The lowest BCUT2D eigenvalue weighted by atomic mass is 10.3. The van der Waals surface area contributed by atoms with Gasteiger partial charge in [-0.25, -0.2) is 0 Å². The molecule has 0 aliphatic rings. The number of hydrogen-bond acceptors (Lipinski definition) is 2. The molecule has 0 saturated carbocycles. The van der Waals surface area contributed by atoms with Crippen molar-refractivity contribution in [1.82, 2.24) is 4.90 Å². The molecular formula is C11H14BrNOS. The van der Waals surface area contributed by atoms with Crippen molar-refractivity contribution in [3.05, 3.63) is 32.4 Å². The van der Waals surface area contributed by atoms with Crippen LogP contribution in [0.5, 0.6) is 0 Å². The third kappa shape index (κ3) is 4.18. The number of halogens is 1. The van der Waals surface area contributed by atoms with Crippen LogP contribution < -0.4 is 0 Å². The van der Waals surface area contributed by atoms with E-state index in [9.17, 15) is 4.79 Å². The van der Waals surface area contributed by atoms with Crippen LogP contribution in [0.4, 0.5) is 0 Å². The highest BCUT2D eigenvalue weighted by molar-refractivity contribution is 9.11. The van der Waals surface area contributed by atoms with E-state index in [0.717, 1.165) is 14.9 Å². The molecule has 0 unspecified atom stereocenters. The summed E-state index contributed by atoms with van der Waals surface area (Å²) in [6.45, 7) is 4.50. The molecule has 1 rings (SSSR count). The van der Waals surface area contributed by atoms with Crippen LogP contribution in [0, 0.1) is 0 Å². The summed E-state index contributed by atoms with van der Waals surface area (Å²) in [5.74, 6) is 0.0531. The van der Waals surface area contributed by atoms with Crippen molar-refractivity contribution in [1.29, 1.82) is 0 Å². The Morgan fingerprint density at radius 1 is 1.60 bits per heavy atom. The minimum absolute atomic E-state index is 0.0531. The van der Waals surface area contributed by atoms with Gasteiger partial charge in [0.2, 0.25) is 5.91 Å². The Bertz CT molecular complexity index is 380. The number of carbonyl (C=O) groups is 1. The van der Waals surface area contributed by atoms with Crippen LogP contribution in [-0.4, -0.2) is 17.9 Å². The molecule has 1 aromatic heterocycles. The van der Waals surface area contributed by atoms with E-state index >= 15 is 0 Å². The Kier molecular flexibility index (Phi) is 4.54. The lowest BCUT2D eigenvalue weighted by molar-refractivity contribution is -0.125. The molecule has 0 aromatic carbocycles. The molecule has 0 saturated heterocycles. The van der Waals surface area contributed by atoms with Gasteiger partial charge in [0, 0.05) is 19.7 Å². The highest BCUT2D eigenvalue weighted by Crippen LogP contribution is 2.21. The van der Waals surface area contributed by atoms with Crippen molar-refractivity contribution < 1.29 is 4.79 Å². The number of rotatable bonds is 3. The van der Waals surface area contributed by atoms with Gasteiger partial charge in [-0.1, -0.05) is 5.57 Å². The van der Waals surface area contributed by atoms with Gasteiger partial charge < -0.3 is 4.90 Å². The molecule has 1 amide bonds. The third-order valence-corrected chi connectivity index (χ3v) is 3.38. The van der Waals surface area contributed by atoms with Gasteiger partial charge in [0.15, 0.2) is 0 Å². The SMILES string of the molecule is CC(C)=CC(=O)N(C)Cc1csc(Br)c1. The summed E-state index contributed by atoms with van der Waals surface area (Å²) in [4.78, 5) is 13.3. The molecule has 0 fully saturated rings. The molecule has 0 aliphatic carbocycles. The van der Waals surface area contributed by atoms with Crippen LogP contribution in [0.15, 0.2) is 26.9 Å². The second kappa shape index (κ2) is 5.47. The van der Waals surface area contributed by atoms with E-state index in [4.69, 9.17) is 0 Å². The smallest absolute Gasteiger partial charge is 0.246 e. The van der Waals surface area contributed by atoms with E-state index in [1.165, 1.54) is 0 Å². The first-order valence-electron chi connectivity index (χ1n) is 4.62. The first-order valence-corrected chi connectivity index (χ1v) is 6.29. The third-order valence-electron chi connectivity index (χ3n) is 1.83. The van der Waals surface area contributed by atoms with E-state index in [-0.39, 0.29) is 5.91 Å². The zero-order valence-electron chi connectivity index (χ0n) is 9.08. The fourth-order valence-corrected chi connectivity index (χ4v) is 2.34. The molecule has 2 nitrogen and oxygen atoms in total. The minimum atomic E-state index is 0.0531. The topological polar surface area (TPSA) is 20.3 Å². The Balaban J connectivity index is 2.59. The van der Waals surface area contributed by atoms with Crippen molar-refractivity contribution in [2.45, 2.75) is 20.4 Å². The number of carbonyl (C=O) groups excluding carboxylic acids is 1. The van der Waals surface area contributed by atoms with Gasteiger partial charge in [-0.05, 0) is 46.8 Å². The standard InChI is InChI=1S/C11H14BrNOS/c1-8(2)4-11(14)13(3)6-9-5-10(12)15-7-9/h4-5,7H,6H2,1-3H3. The molecule has 0 spiro atoms. The van der Waals surface area contributed by atoms with Crippen LogP contribution in [0.3, 0.4) is 0 Å². The molecule has 0 aliphatic heterocycles. The lowest BCUT2D eigenvalue weighted by Crippen LogP contribution is -2.24. The quantitative estimate of drug-likeness (QED) is 0.780. The van der Waals surface area contributed by atoms with Crippen molar-refractivity contribution in [2.75, 3.05) is 7.05 Å². The van der Waals surface area contributed by atoms with Crippen LogP contribution in [0.1, 0.15) is 19.4 Å². The van der Waals surface area contributed by atoms with E-state index in [1.807, 2.05) is 27.0 Å². The van der Waals surface area contributed by atoms with Gasteiger partial charge in [0.1, 0.15) is 0 Å². The van der Waals surface area contributed by atoms with Crippen molar-refractivity contribution in [3.63, 3.8) is 0 Å². The Morgan fingerprint density at radius 2 is 2.27 bits per heavy atom. The average Bonchev–Trinajstić information content (AvgIpc) is 2.50. The summed E-state index contributed by atoms with van der Waals surface area (Å²) in [6, 6.07) is 2.04. The molecule has 0 atom stereocenters. The monoisotopic (exact) mass is 287 g/mol. The normalized spacial score (nSPS) is 9.87. The number of likely N-dealkylation sites (N-methyl/N-ethyl adjacent to an activating group) is 1. The second-order valence-corrected chi connectivity index (χ2v) is 5.97. The van der Waals surface area contributed by atoms with E-state index in [1.54, 1.807) is 22.3 Å². The number of thiophene rings is 1. The van der Waals surface area contributed by atoms with Crippen LogP contribution in [0.25, 0.3) is 0 Å². The number of amides is 1. The summed E-state index contributed by atoms with van der Waals surface area (Å²) in [5.41, 5.74) is 2.18. The molecule has 0 bridgehead atoms. The Hall–Kier alpha value is -0.610. The van der Waals surface area contributed by atoms with Crippen molar-refractivity contribution in [3.8, 4) is 0 Å². The molecule has 82 valence electrons. The maximum absolute atomic E-state index is 11.6. The van der Waals surface area contributed by atoms with Gasteiger partial charge in [-0.15, -0.1) is 11.3 Å². The van der Waals surface area contributed by atoms with E-state index in [0.29, 0.717) is 6.54 Å². The minimum Gasteiger partial charge on any atom is -0.338 e. The molecule has 0 N–H and O–H groups in total. The molecule has 15 heavy (non-hydrogen) atoms. The van der Waals surface area contributed by atoms with Crippen molar-refractivity contribution >= 4 is 33.2 Å². The molecule has 1 aromatic rings. The second-order valence-electron chi connectivity index (χ2n) is 3.68. The fraction of sp³-hybridized carbons (Fsp3) is 0.364. The molecule has 0 radical (unpaired) electrons.